The Kier molecular flexibility index (Phi) is 4.10. The van der Waals surface area contributed by atoms with Gasteiger partial charge < -0.3 is 15.3 Å². The molecule has 3 N–H and O–H groups in total. The van der Waals surface area contributed by atoms with Gasteiger partial charge in [0.05, 0.1) is 23.3 Å². The molecule has 0 aliphatic heterocycles. The van der Waals surface area contributed by atoms with Crippen molar-refractivity contribution in [3.05, 3.63) is 57.8 Å². The highest BCUT2D eigenvalue weighted by Crippen LogP contribution is 2.29. The van der Waals surface area contributed by atoms with Gasteiger partial charge in [-0.2, -0.15) is 0 Å². The van der Waals surface area contributed by atoms with Crippen LogP contribution < -0.4 is 11.3 Å². The molecule has 0 saturated heterocycles. The second-order valence-electron chi connectivity index (χ2n) is 7.36. The second-order valence-corrected chi connectivity index (χ2v) is 7.36. The molecule has 0 radical (unpaired) electrons. The maximum atomic E-state index is 14.3. The van der Waals surface area contributed by atoms with Crippen LogP contribution >= 0.6 is 0 Å². The number of anilines is 1. The fourth-order valence-electron chi connectivity index (χ4n) is 2.82. The van der Waals surface area contributed by atoms with E-state index in [9.17, 15) is 13.6 Å². The average Bonchev–Trinajstić information content (AvgIpc) is 2.90. The van der Waals surface area contributed by atoms with Gasteiger partial charge in [-0.25, -0.2) is 13.8 Å². The van der Waals surface area contributed by atoms with Crippen molar-refractivity contribution in [3.8, 4) is 0 Å². The van der Waals surface area contributed by atoms with Crippen molar-refractivity contribution in [2.24, 2.45) is 5.41 Å². The molecule has 1 aromatic carbocycles. The lowest BCUT2D eigenvalue weighted by molar-refractivity contribution is 0.397. The largest absolute Gasteiger partial charge is 0.394 e. The summed E-state index contributed by atoms with van der Waals surface area (Å²) in [6.07, 6.45) is 1.93. The maximum absolute atomic E-state index is 14.3. The molecule has 0 bridgehead atoms. The number of nitrogens with two attached hydrogens (primary N) is 1. The summed E-state index contributed by atoms with van der Waals surface area (Å²) in [4.78, 5) is 19.4. The summed E-state index contributed by atoms with van der Waals surface area (Å²) < 4.78 is 29.6. The van der Waals surface area contributed by atoms with Gasteiger partial charge in [0.15, 0.2) is 11.6 Å². The molecule has 2 aromatic heterocycles. The Hall–Kier alpha value is -2.70. The molecule has 0 unspecified atom stereocenters. The van der Waals surface area contributed by atoms with Gasteiger partial charge in [-0.3, -0.25) is 4.79 Å². The van der Waals surface area contributed by atoms with Gasteiger partial charge in [-0.1, -0.05) is 20.8 Å². The Morgan fingerprint density at radius 1 is 1.32 bits per heavy atom. The first-order chi connectivity index (χ1) is 11.7. The van der Waals surface area contributed by atoms with Crippen molar-refractivity contribution in [1.29, 1.82) is 0 Å². The average molecular weight is 346 g/mol. The number of halogens is 2. The second kappa shape index (κ2) is 5.98. The number of H-pyrrole nitrogens is 1. The van der Waals surface area contributed by atoms with Crippen molar-refractivity contribution in [2.45, 2.75) is 33.7 Å². The molecule has 25 heavy (non-hydrogen) atoms. The molecule has 0 aliphatic rings. The van der Waals surface area contributed by atoms with Crippen molar-refractivity contribution in [1.82, 2.24) is 14.5 Å². The molecular formula is C18H20F2N4O. The van der Waals surface area contributed by atoms with Crippen LogP contribution in [-0.4, -0.2) is 14.5 Å². The maximum Gasteiger partial charge on any atom is 0.274 e. The number of hydrogen-bond donors (Lipinski definition) is 2. The smallest absolute Gasteiger partial charge is 0.274 e. The van der Waals surface area contributed by atoms with E-state index in [-0.39, 0.29) is 28.8 Å². The summed E-state index contributed by atoms with van der Waals surface area (Å²) in [7, 11) is 0. The van der Waals surface area contributed by atoms with Crippen LogP contribution in [0.1, 0.15) is 32.2 Å². The van der Waals surface area contributed by atoms with Gasteiger partial charge in [0.1, 0.15) is 5.82 Å². The number of imidazole rings is 1. The predicted octanol–water partition coefficient (Wildman–Crippen LogP) is 3.22. The Balaban J connectivity index is 2.09. The normalized spacial score (nSPS) is 12.0. The fourth-order valence-corrected chi connectivity index (χ4v) is 2.82. The topological polar surface area (TPSA) is 76.7 Å². The number of aromatic nitrogens is 3. The molecule has 3 aromatic rings. The zero-order chi connectivity index (χ0) is 18.4. The quantitative estimate of drug-likeness (QED) is 0.764. The van der Waals surface area contributed by atoms with Crippen molar-refractivity contribution in [3.63, 3.8) is 0 Å². The number of aromatic amines is 1. The van der Waals surface area contributed by atoms with Gasteiger partial charge in [-0.15, -0.1) is 0 Å². The monoisotopic (exact) mass is 346 g/mol. The first-order valence-electron chi connectivity index (χ1n) is 7.96. The van der Waals surface area contributed by atoms with Crippen LogP contribution in [0, 0.1) is 17.0 Å². The van der Waals surface area contributed by atoms with Crippen LogP contribution in [0.25, 0.3) is 11.0 Å². The fraction of sp³-hybridized carbons (Fsp3) is 0.333. The molecule has 3 rings (SSSR count). The minimum absolute atomic E-state index is 0.129. The van der Waals surface area contributed by atoms with E-state index in [0.29, 0.717) is 23.3 Å². The van der Waals surface area contributed by atoms with Crippen LogP contribution in [-0.2, 0) is 13.0 Å². The third kappa shape index (κ3) is 3.40. The summed E-state index contributed by atoms with van der Waals surface area (Å²) in [5.41, 5.74) is 6.22. The highest BCUT2D eigenvalue weighted by Gasteiger charge is 2.22. The van der Waals surface area contributed by atoms with E-state index in [1.807, 2.05) is 20.8 Å². The molecule has 0 aliphatic carbocycles. The first kappa shape index (κ1) is 17.1. The van der Waals surface area contributed by atoms with Crippen LogP contribution in [0.2, 0.25) is 0 Å². The zero-order valence-electron chi connectivity index (χ0n) is 14.4. The van der Waals surface area contributed by atoms with Gasteiger partial charge in [-0.05, 0) is 24.0 Å². The van der Waals surface area contributed by atoms with Crippen molar-refractivity contribution < 1.29 is 8.78 Å². The summed E-state index contributed by atoms with van der Waals surface area (Å²) >= 11 is 0. The van der Waals surface area contributed by atoms with Gasteiger partial charge in [0.25, 0.3) is 5.56 Å². The molecule has 0 fully saturated rings. The van der Waals surface area contributed by atoms with Crippen molar-refractivity contribution in [2.75, 3.05) is 5.73 Å². The lowest BCUT2D eigenvalue weighted by atomic mass is 9.87. The summed E-state index contributed by atoms with van der Waals surface area (Å²) in [5.74, 6) is -1.35. The van der Waals surface area contributed by atoms with E-state index >= 15 is 0 Å². The number of fused-ring (bicyclic) bond motifs is 1. The molecular weight excluding hydrogens is 326 g/mol. The molecule has 132 valence electrons. The Labute approximate surface area is 143 Å². The molecule has 2 heterocycles. The number of rotatable bonds is 3. The van der Waals surface area contributed by atoms with Crippen molar-refractivity contribution >= 4 is 16.7 Å². The highest BCUT2D eigenvalue weighted by molar-refractivity contribution is 5.79. The van der Waals surface area contributed by atoms with Gasteiger partial charge in [0, 0.05) is 17.8 Å². The number of nitrogens with one attached hydrogen (secondary N) is 1. The minimum Gasteiger partial charge on any atom is -0.394 e. The number of nitrogen functional groups attached to an aromatic ring is 1. The summed E-state index contributed by atoms with van der Waals surface area (Å²) in [6.45, 7) is 5.98. The van der Waals surface area contributed by atoms with Crippen LogP contribution in [0.3, 0.4) is 0 Å². The van der Waals surface area contributed by atoms with E-state index in [2.05, 4.69) is 9.97 Å². The van der Waals surface area contributed by atoms with Crippen LogP contribution in [0.15, 0.2) is 29.2 Å². The van der Waals surface area contributed by atoms with Crippen LogP contribution in [0.5, 0.6) is 0 Å². The third-order valence-corrected chi connectivity index (χ3v) is 3.89. The Bertz CT molecular complexity index is 999. The summed E-state index contributed by atoms with van der Waals surface area (Å²) in [6, 6.07) is 4.27. The number of nitrogens with zero attached hydrogens (tertiary/aromatic N) is 2. The highest BCUT2D eigenvalue weighted by atomic mass is 19.2. The molecule has 0 saturated carbocycles. The minimum atomic E-state index is -0.914. The summed E-state index contributed by atoms with van der Waals surface area (Å²) in [5, 5.41) is 0. The first-order valence-corrected chi connectivity index (χ1v) is 7.96. The number of pyridine rings is 1. The third-order valence-electron chi connectivity index (χ3n) is 3.89. The Morgan fingerprint density at radius 2 is 2.04 bits per heavy atom. The molecule has 7 heteroatoms. The number of hydrogen-bond acceptors (Lipinski definition) is 3. The predicted molar refractivity (Wildman–Crippen MR) is 93.4 cm³/mol. The van der Waals surface area contributed by atoms with Gasteiger partial charge >= 0.3 is 0 Å². The van der Waals surface area contributed by atoms with E-state index < -0.39 is 11.6 Å². The Morgan fingerprint density at radius 3 is 2.72 bits per heavy atom. The molecule has 0 amide bonds. The lowest BCUT2D eigenvalue weighted by Crippen LogP contribution is -2.22. The van der Waals surface area contributed by atoms with Crippen LogP contribution in [0.4, 0.5) is 14.5 Å². The zero-order valence-corrected chi connectivity index (χ0v) is 14.4. The lowest BCUT2D eigenvalue weighted by Gasteiger charge is -2.18. The standard InChI is InChI=1S/C18H20F2N4O/c1-18(2,3)8-10-15(20)11(19)7-13-16(10)23-14(22-13)9-24-6-4-5-12(21)17(24)25/h4-7H,8-9,21H2,1-3H3,(H,22,23). The molecule has 5 nitrogen and oxygen atoms in total. The molecule has 0 atom stereocenters. The van der Waals surface area contributed by atoms with E-state index in [0.717, 1.165) is 6.07 Å². The van der Waals surface area contributed by atoms with Gasteiger partial charge in [0.2, 0.25) is 0 Å². The SMILES string of the molecule is CC(C)(C)Cc1c(F)c(F)cc2[nH]c(Cn3cccc(N)c3=O)nc12. The number of benzene rings is 1. The van der Waals surface area contributed by atoms with E-state index in [4.69, 9.17) is 5.73 Å². The van der Waals surface area contributed by atoms with E-state index in [1.165, 1.54) is 10.6 Å². The molecule has 0 spiro atoms. The van der Waals surface area contributed by atoms with E-state index in [1.54, 1.807) is 12.3 Å².